The van der Waals surface area contributed by atoms with Gasteiger partial charge < -0.3 is 14.2 Å². The molecule has 0 aromatic carbocycles. The van der Waals surface area contributed by atoms with Gasteiger partial charge in [-0.15, -0.1) is 0 Å². The van der Waals surface area contributed by atoms with Gasteiger partial charge in [-0.25, -0.2) is 0 Å². The minimum absolute atomic E-state index is 0.0844. The third-order valence-corrected chi connectivity index (χ3v) is 2.72. The highest BCUT2D eigenvalue weighted by molar-refractivity contribution is 4.83. The second-order valence-corrected chi connectivity index (χ2v) is 3.37. The lowest BCUT2D eigenvalue weighted by atomic mass is 9.92. The van der Waals surface area contributed by atoms with Crippen molar-refractivity contribution in [2.24, 2.45) is 5.92 Å². The van der Waals surface area contributed by atoms with Gasteiger partial charge in [0.25, 0.3) is 0 Å². The SMILES string of the molecule is CO[C@@H]1[C@@H](C)[C@@H](C)OC[C@H]1OC. The van der Waals surface area contributed by atoms with Gasteiger partial charge in [0.15, 0.2) is 0 Å². The van der Waals surface area contributed by atoms with Crippen LogP contribution in [0.2, 0.25) is 0 Å². The lowest BCUT2D eigenvalue weighted by Crippen LogP contribution is -2.48. The molecule has 0 N–H and O–H groups in total. The van der Waals surface area contributed by atoms with Crippen LogP contribution in [0.3, 0.4) is 0 Å². The zero-order valence-electron chi connectivity index (χ0n) is 8.24. The van der Waals surface area contributed by atoms with E-state index in [0.717, 1.165) is 0 Å². The summed E-state index contributed by atoms with van der Waals surface area (Å²) in [6.07, 6.45) is 0.515. The van der Waals surface area contributed by atoms with Gasteiger partial charge in [0, 0.05) is 20.1 Å². The Morgan fingerprint density at radius 3 is 2.33 bits per heavy atom. The van der Waals surface area contributed by atoms with E-state index in [1.165, 1.54) is 0 Å². The average molecular weight is 174 g/mol. The Morgan fingerprint density at radius 1 is 1.17 bits per heavy atom. The fourth-order valence-corrected chi connectivity index (χ4v) is 1.67. The van der Waals surface area contributed by atoms with Crippen LogP contribution in [0.5, 0.6) is 0 Å². The summed E-state index contributed by atoms with van der Waals surface area (Å²) in [5, 5.41) is 0. The van der Waals surface area contributed by atoms with E-state index < -0.39 is 0 Å². The first-order chi connectivity index (χ1) is 5.70. The van der Waals surface area contributed by atoms with Gasteiger partial charge in [0.1, 0.15) is 6.10 Å². The molecule has 1 heterocycles. The van der Waals surface area contributed by atoms with Crippen molar-refractivity contribution in [1.82, 2.24) is 0 Å². The largest absolute Gasteiger partial charge is 0.378 e. The minimum atomic E-state index is 0.0844. The Labute approximate surface area is 74.0 Å². The van der Waals surface area contributed by atoms with Gasteiger partial charge in [-0.3, -0.25) is 0 Å². The Morgan fingerprint density at radius 2 is 1.83 bits per heavy atom. The number of ether oxygens (including phenoxy) is 3. The molecule has 0 spiro atoms. The van der Waals surface area contributed by atoms with Crippen LogP contribution in [0.15, 0.2) is 0 Å². The Hall–Kier alpha value is -0.120. The fraction of sp³-hybridized carbons (Fsp3) is 1.00. The Kier molecular flexibility index (Phi) is 3.50. The maximum Gasteiger partial charge on any atom is 0.107 e. The molecule has 0 aromatic heterocycles. The fourth-order valence-electron chi connectivity index (χ4n) is 1.67. The van der Waals surface area contributed by atoms with E-state index in [1.807, 2.05) is 0 Å². The number of rotatable bonds is 2. The molecular weight excluding hydrogens is 156 g/mol. The van der Waals surface area contributed by atoms with Crippen LogP contribution >= 0.6 is 0 Å². The van der Waals surface area contributed by atoms with Crippen molar-refractivity contribution in [3.63, 3.8) is 0 Å². The molecule has 1 fully saturated rings. The van der Waals surface area contributed by atoms with Gasteiger partial charge in [0.05, 0.1) is 18.8 Å². The molecule has 0 saturated carbocycles. The standard InChI is InChI=1S/C9H18O3/c1-6-7(2)12-5-8(10-3)9(6)11-4/h6-9H,5H2,1-4H3/t6-,7+,8+,9+/m0/s1. The van der Waals surface area contributed by atoms with Gasteiger partial charge in [-0.1, -0.05) is 6.92 Å². The minimum Gasteiger partial charge on any atom is -0.378 e. The van der Waals surface area contributed by atoms with Gasteiger partial charge in [0.2, 0.25) is 0 Å². The highest BCUT2D eigenvalue weighted by atomic mass is 16.6. The Balaban J connectivity index is 2.58. The summed E-state index contributed by atoms with van der Waals surface area (Å²) in [6, 6.07) is 0. The van der Waals surface area contributed by atoms with Crippen molar-refractivity contribution < 1.29 is 14.2 Å². The summed E-state index contributed by atoms with van der Waals surface area (Å²) in [4.78, 5) is 0. The molecule has 1 saturated heterocycles. The second kappa shape index (κ2) is 4.21. The van der Waals surface area contributed by atoms with Crippen LogP contribution in [0.4, 0.5) is 0 Å². The third-order valence-electron chi connectivity index (χ3n) is 2.72. The predicted octanol–water partition coefficient (Wildman–Crippen LogP) is 1.07. The van der Waals surface area contributed by atoms with Crippen molar-refractivity contribution in [1.29, 1.82) is 0 Å². The molecule has 3 heteroatoms. The molecule has 0 bridgehead atoms. The smallest absolute Gasteiger partial charge is 0.107 e. The summed E-state index contributed by atoms with van der Waals surface area (Å²) in [6.45, 7) is 4.84. The monoisotopic (exact) mass is 174 g/mol. The van der Waals surface area contributed by atoms with Crippen LogP contribution in [0, 0.1) is 5.92 Å². The summed E-state index contributed by atoms with van der Waals surface area (Å²) in [5.74, 6) is 0.397. The normalized spacial score (nSPS) is 43.0. The average Bonchev–Trinajstić information content (AvgIpc) is 2.09. The molecule has 4 atom stereocenters. The predicted molar refractivity (Wildman–Crippen MR) is 46.2 cm³/mol. The van der Waals surface area contributed by atoms with Crippen molar-refractivity contribution in [2.45, 2.75) is 32.2 Å². The summed E-state index contributed by atoms with van der Waals surface area (Å²) >= 11 is 0. The van der Waals surface area contributed by atoms with Crippen LogP contribution in [0.25, 0.3) is 0 Å². The molecule has 0 aromatic rings. The van der Waals surface area contributed by atoms with Crippen molar-refractivity contribution in [2.75, 3.05) is 20.8 Å². The molecule has 12 heavy (non-hydrogen) atoms. The van der Waals surface area contributed by atoms with E-state index in [4.69, 9.17) is 14.2 Å². The zero-order valence-corrected chi connectivity index (χ0v) is 8.24. The maximum atomic E-state index is 5.52. The molecular formula is C9H18O3. The van der Waals surface area contributed by atoms with Crippen LogP contribution in [-0.2, 0) is 14.2 Å². The first-order valence-electron chi connectivity index (χ1n) is 4.38. The zero-order chi connectivity index (χ0) is 9.14. The number of hydrogen-bond acceptors (Lipinski definition) is 3. The van der Waals surface area contributed by atoms with Crippen LogP contribution < -0.4 is 0 Å². The molecule has 0 unspecified atom stereocenters. The van der Waals surface area contributed by atoms with E-state index in [0.29, 0.717) is 12.5 Å². The molecule has 3 nitrogen and oxygen atoms in total. The number of methoxy groups -OCH3 is 2. The quantitative estimate of drug-likeness (QED) is 0.626. The van der Waals surface area contributed by atoms with E-state index in [9.17, 15) is 0 Å². The van der Waals surface area contributed by atoms with E-state index in [-0.39, 0.29) is 18.3 Å². The summed E-state index contributed by atoms with van der Waals surface area (Å²) in [5.41, 5.74) is 0. The first-order valence-corrected chi connectivity index (χ1v) is 4.38. The van der Waals surface area contributed by atoms with E-state index >= 15 is 0 Å². The summed E-state index contributed by atoms with van der Waals surface area (Å²) in [7, 11) is 3.42. The molecule has 1 aliphatic heterocycles. The number of hydrogen-bond donors (Lipinski definition) is 0. The maximum absolute atomic E-state index is 5.52. The van der Waals surface area contributed by atoms with Gasteiger partial charge in [-0.05, 0) is 6.92 Å². The molecule has 0 aliphatic carbocycles. The van der Waals surface area contributed by atoms with Gasteiger partial charge >= 0.3 is 0 Å². The lowest BCUT2D eigenvalue weighted by Gasteiger charge is -2.38. The highest BCUT2D eigenvalue weighted by Crippen LogP contribution is 2.24. The van der Waals surface area contributed by atoms with Gasteiger partial charge in [-0.2, -0.15) is 0 Å². The molecule has 72 valence electrons. The Bertz CT molecular complexity index is 136. The van der Waals surface area contributed by atoms with E-state index in [2.05, 4.69) is 13.8 Å². The van der Waals surface area contributed by atoms with Crippen LogP contribution in [-0.4, -0.2) is 39.1 Å². The summed E-state index contributed by atoms with van der Waals surface area (Å²) < 4.78 is 16.2. The van der Waals surface area contributed by atoms with Crippen molar-refractivity contribution >= 4 is 0 Å². The molecule has 1 rings (SSSR count). The molecule has 0 amide bonds. The van der Waals surface area contributed by atoms with Crippen molar-refractivity contribution in [3.05, 3.63) is 0 Å². The van der Waals surface area contributed by atoms with E-state index in [1.54, 1.807) is 14.2 Å². The second-order valence-electron chi connectivity index (χ2n) is 3.37. The van der Waals surface area contributed by atoms with Crippen LogP contribution in [0.1, 0.15) is 13.8 Å². The third kappa shape index (κ3) is 1.79. The molecule has 0 radical (unpaired) electrons. The molecule has 1 aliphatic rings. The highest BCUT2D eigenvalue weighted by Gasteiger charge is 2.35. The first kappa shape index (κ1) is 9.96. The topological polar surface area (TPSA) is 27.7 Å². The lowest BCUT2D eigenvalue weighted by molar-refractivity contribution is -0.169. The van der Waals surface area contributed by atoms with Crippen molar-refractivity contribution in [3.8, 4) is 0 Å².